The second-order valence-electron chi connectivity index (χ2n) is 6.36. The molecule has 1 saturated carbocycles. The van der Waals surface area contributed by atoms with Gasteiger partial charge in [-0.1, -0.05) is 13.8 Å². The van der Waals surface area contributed by atoms with Crippen molar-refractivity contribution in [2.45, 2.75) is 46.0 Å². The third-order valence-corrected chi connectivity index (χ3v) is 4.57. The van der Waals surface area contributed by atoms with Crippen LogP contribution in [0.25, 0.3) is 0 Å². The molecule has 2 unspecified atom stereocenters. The highest BCUT2D eigenvalue weighted by molar-refractivity contribution is 4.90. The minimum Gasteiger partial charge on any atom is -0.316 e. The number of hydrogen-bond acceptors (Lipinski definition) is 2. The Kier molecular flexibility index (Phi) is 4.26. The molecule has 1 heterocycles. The highest BCUT2D eigenvalue weighted by Crippen LogP contribution is 2.44. The summed E-state index contributed by atoms with van der Waals surface area (Å²) in [5, 5.41) is 7.16. The molecule has 94 valence electrons. The lowest BCUT2D eigenvalue weighted by Crippen LogP contribution is -2.34. The first-order chi connectivity index (χ1) is 7.70. The third kappa shape index (κ3) is 3.74. The van der Waals surface area contributed by atoms with E-state index in [1.807, 2.05) is 0 Å². The van der Waals surface area contributed by atoms with Gasteiger partial charge < -0.3 is 10.6 Å². The van der Waals surface area contributed by atoms with Crippen LogP contribution in [-0.4, -0.2) is 26.2 Å². The van der Waals surface area contributed by atoms with E-state index in [0.717, 1.165) is 11.8 Å². The first-order valence-electron chi connectivity index (χ1n) is 7.11. The van der Waals surface area contributed by atoms with E-state index < -0.39 is 0 Å². The van der Waals surface area contributed by atoms with Crippen molar-refractivity contribution in [3.05, 3.63) is 0 Å². The van der Waals surface area contributed by atoms with Gasteiger partial charge in [0.05, 0.1) is 0 Å². The molecule has 1 saturated heterocycles. The van der Waals surface area contributed by atoms with Crippen molar-refractivity contribution in [2.75, 3.05) is 26.2 Å². The molecule has 0 aromatic carbocycles. The van der Waals surface area contributed by atoms with Crippen LogP contribution < -0.4 is 10.6 Å². The molecular weight excluding hydrogens is 196 g/mol. The van der Waals surface area contributed by atoms with E-state index in [1.165, 1.54) is 58.3 Å². The fraction of sp³-hybridized carbons (Fsp3) is 1.00. The Bertz CT molecular complexity index is 205. The van der Waals surface area contributed by atoms with Crippen molar-refractivity contribution in [2.24, 2.45) is 17.3 Å². The summed E-state index contributed by atoms with van der Waals surface area (Å²) < 4.78 is 0. The Morgan fingerprint density at radius 1 is 1.44 bits per heavy atom. The molecule has 16 heavy (non-hydrogen) atoms. The maximum atomic E-state index is 3.64. The van der Waals surface area contributed by atoms with Gasteiger partial charge in [0.1, 0.15) is 0 Å². The summed E-state index contributed by atoms with van der Waals surface area (Å²) in [5.41, 5.74) is 0.662. The molecule has 0 spiro atoms. The van der Waals surface area contributed by atoms with Crippen LogP contribution in [0.3, 0.4) is 0 Å². The standard InChI is InChI=1S/C14H28N2/c1-12(13-4-3-8-15-10-13)5-9-16-11-14(2)6-7-14/h12-13,15-16H,3-11H2,1-2H3. The molecular formula is C14H28N2. The highest BCUT2D eigenvalue weighted by Gasteiger charge is 2.36. The molecule has 0 bridgehead atoms. The smallest absolute Gasteiger partial charge is 0.000517 e. The number of hydrogen-bond donors (Lipinski definition) is 2. The second kappa shape index (κ2) is 5.50. The van der Waals surface area contributed by atoms with Crippen molar-refractivity contribution in [1.82, 2.24) is 10.6 Å². The van der Waals surface area contributed by atoms with Crippen LogP contribution in [0.2, 0.25) is 0 Å². The van der Waals surface area contributed by atoms with E-state index >= 15 is 0 Å². The maximum absolute atomic E-state index is 3.64. The van der Waals surface area contributed by atoms with E-state index in [4.69, 9.17) is 0 Å². The predicted octanol–water partition coefficient (Wildman–Crippen LogP) is 2.40. The SMILES string of the molecule is CC(CCNCC1(C)CC1)C1CCCNC1. The van der Waals surface area contributed by atoms with E-state index in [9.17, 15) is 0 Å². The Morgan fingerprint density at radius 3 is 2.88 bits per heavy atom. The molecule has 2 aliphatic rings. The monoisotopic (exact) mass is 224 g/mol. The number of rotatable bonds is 6. The molecule has 0 aromatic rings. The van der Waals surface area contributed by atoms with Gasteiger partial charge in [0.15, 0.2) is 0 Å². The van der Waals surface area contributed by atoms with Crippen LogP contribution >= 0.6 is 0 Å². The van der Waals surface area contributed by atoms with E-state index in [2.05, 4.69) is 24.5 Å². The topological polar surface area (TPSA) is 24.1 Å². The van der Waals surface area contributed by atoms with Gasteiger partial charge >= 0.3 is 0 Å². The fourth-order valence-electron chi connectivity index (χ4n) is 2.71. The van der Waals surface area contributed by atoms with Crippen LogP contribution in [0.1, 0.15) is 46.0 Å². The summed E-state index contributed by atoms with van der Waals surface area (Å²) in [7, 11) is 0. The van der Waals surface area contributed by atoms with Crippen LogP contribution in [0.4, 0.5) is 0 Å². The van der Waals surface area contributed by atoms with Gasteiger partial charge in [-0.2, -0.15) is 0 Å². The molecule has 2 heteroatoms. The van der Waals surface area contributed by atoms with Crippen LogP contribution in [0.15, 0.2) is 0 Å². The van der Waals surface area contributed by atoms with Gasteiger partial charge in [0.25, 0.3) is 0 Å². The molecule has 2 nitrogen and oxygen atoms in total. The number of piperidine rings is 1. The lowest BCUT2D eigenvalue weighted by molar-refractivity contribution is 0.265. The van der Waals surface area contributed by atoms with Gasteiger partial charge in [0.2, 0.25) is 0 Å². The van der Waals surface area contributed by atoms with Crippen molar-refractivity contribution in [3.63, 3.8) is 0 Å². The normalized spacial score (nSPS) is 30.0. The lowest BCUT2D eigenvalue weighted by Gasteiger charge is -2.28. The highest BCUT2D eigenvalue weighted by atomic mass is 14.9. The average molecular weight is 224 g/mol. The minimum absolute atomic E-state index is 0.662. The largest absolute Gasteiger partial charge is 0.316 e. The fourth-order valence-corrected chi connectivity index (χ4v) is 2.71. The Labute approximate surface area is 101 Å². The number of nitrogens with one attached hydrogen (secondary N) is 2. The van der Waals surface area contributed by atoms with E-state index in [0.29, 0.717) is 5.41 Å². The lowest BCUT2D eigenvalue weighted by atomic mass is 9.85. The van der Waals surface area contributed by atoms with E-state index in [-0.39, 0.29) is 0 Å². The third-order valence-electron chi connectivity index (χ3n) is 4.57. The van der Waals surface area contributed by atoms with Gasteiger partial charge in [-0.05, 0) is 69.0 Å². The van der Waals surface area contributed by atoms with Gasteiger partial charge in [-0.15, -0.1) is 0 Å². The first kappa shape index (κ1) is 12.4. The molecule has 1 aliphatic carbocycles. The van der Waals surface area contributed by atoms with Crippen molar-refractivity contribution in [3.8, 4) is 0 Å². The zero-order valence-corrected chi connectivity index (χ0v) is 11.0. The van der Waals surface area contributed by atoms with Crippen molar-refractivity contribution in [1.29, 1.82) is 0 Å². The summed E-state index contributed by atoms with van der Waals surface area (Å²) in [4.78, 5) is 0. The first-order valence-corrected chi connectivity index (χ1v) is 7.11. The summed E-state index contributed by atoms with van der Waals surface area (Å²) in [6.07, 6.45) is 7.03. The summed E-state index contributed by atoms with van der Waals surface area (Å²) in [5.74, 6) is 1.80. The molecule has 2 rings (SSSR count). The zero-order valence-electron chi connectivity index (χ0n) is 11.0. The summed E-state index contributed by atoms with van der Waals surface area (Å²) in [6.45, 7) is 9.77. The van der Waals surface area contributed by atoms with Crippen LogP contribution in [0, 0.1) is 17.3 Å². The molecule has 0 amide bonds. The molecule has 0 radical (unpaired) electrons. The second-order valence-corrected chi connectivity index (χ2v) is 6.36. The Morgan fingerprint density at radius 2 is 2.25 bits per heavy atom. The average Bonchev–Trinajstić information content (AvgIpc) is 3.04. The van der Waals surface area contributed by atoms with Crippen LogP contribution in [-0.2, 0) is 0 Å². The Hall–Kier alpha value is -0.0800. The molecule has 0 aromatic heterocycles. The summed E-state index contributed by atoms with van der Waals surface area (Å²) in [6, 6.07) is 0. The van der Waals surface area contributed by atoms with E-state index in [1.54, 1.807) is 0 Å². The van der Waals surface area contributed by atoms with Gasteiger partial charge in [-0.25, -0.2) is 0 Å². The quantitative estimate of drug-likeness (QED) is 0.677. The minimum atomic E-state index is 0.662. The molecule has 2 N–H and O–H groups in total. The zero-order chi connectivity index (χ0) is 11.4. The van der Waals surface area contributed by atoms with Gasteiger partial charge in [0, 0.05) is 6.54 Å². The van der Waals surface area contributed by atoms with Crippen LogP contribution in [0.5, 0.6) is 0 Å². The predicted molar refractivity (Wildman–Crippen MR) is 69.6 cm³/mol. The summed E-state index contributed by atoms with van der Waals surface area (Å²) >= 11 is 0. The van der Waals surface area contributed by atoms with Crippen molar-refractivity contribution < 1.29 is 0 Å². The maximum Gasteiger partial charge on any atom is 0.000517 e. The Balaban J connectivity index is 1.54. The van der Waals surface area contributed by atoms with Gasteiger partial charge in [-0.3, -0.25) is 0 Å². The molecule has 1 aliphatic heterocycles. The molecule has 2 fully saturated rings. The van der Waals surface area contributed by atoms with Crippen molar-refractivity contribution >= 4 is 0 Å². The molecule has 2 atom stereocenters.